The first-order valence-electron chi connectivity index (χ1n) is 8.07. The molecule has 2 heteroatoms. The van der Waals surface area contributed by atoms with Crippen molar-refractivity contribution in [1.29, 1.82) is 0 Å². The highest BCUT2D eigenvalue weighted by atomic mass is 15.1. The molecule has 0 aliphatic heterocycles. The van der Waals surface area contributed by atoms with E-state index in [1.165, 1.54) is 51.5 Å². The predicted octanol–water partition coefficient (Wildman–Crippen LogP) is 3.26. The monoisotopic (exact) mass is 252 g/mol. The maximum absolute atomic E-state index is 6.35. The molecule has 0 spiro atoms. The largest absolute Gasteiger partial charge is 0.327 e. The molecule has 0 saturated heterocycles. The van der Waals surface area contributed by atoms with Crippen LogP contribution in [0.5, 0.6) is 0 Å². The molecule has 0 aromatic rings. The molecule has 2 fully saturated rings. The molecule has 18 heavy (non-hydrogen) atoms. The molecule has 0 amide bonds. The lowest BCUT2D eigenvalue weighted by Crippen LogP contribution is -2.44. The minimum atomic E-state index is 0.451. The third-order valence-corrected chi connectivity index (χ3v) is 5.37. The topological polar surface area (TPSA) is 29.3 Å². The highest BCUT2D eigenvalue weighted by molar-refractivity contribution is 4.88. The first kappa shape index (κ1) is 14.3. The Balaban J connectivity index is 1.81. The fourth-order valence-electron chi connectivity index (χ4n) is 3.74. The van der Waals surface area contributed by atoms with Crippen LogP contribution in [0.25, 0.3) is 0 Å². The lowest BCUT2D eigenvalue weighted by Gasteiger charge is -2.38. The van der Waals surface area contributed by atoms with Crippen molar-refractivity contribution in [2.24, 2.45) is 23.5 Å². The molecule has 0 aromatic heterocycles. The van der Waals surface area contributed by atoms with Crippen LogP contribution in [0.2, 0.25) is 0 Å². The van der Waals surface area contributed by atoms with Crippen molar-refractivity contribution in [2.45, 2.75) is 70.9 Å². The molecule has 4 atom stereocenters. The fourth-order valence-corrected chi connectivity index (χ4v) is 3.74. The summed E-state index contributed by atoms with van der Waals surface area (Å²) in [6.45, 7) is 5.93. The Morgan fingerprint density at radius 1 is 1.22 bits per heavy atom. The van der Waals surface area contributed by atoms with Gasteiger partial charge in [-0.15, -0.1) is 0 Å². The molecule has 106 valence electrons. The summed E-state index contributed by atoms with van der Waals surface area (Å²) in [4.78, 5) is 2.58. The lowest BCUT2D eigenvalue weighted by atomic mass is 9.76. The molecule has 4 unspecified atom stereocenters. The zero-order valence-corrected chi connectivity index (χ0v) is 12.6. The standard InChI is InChI=1S/C16H32N2/c1-4-5-13-6-9-16(17)15(10-13)11-18(3)12(2)14-7-8-14/h12-16H,4-11,17H2,1-3H3. The van der Waals surface area contributed by atoms with Gasteiger partial charge in [0.05, 0.1) is 0 Å². The van der Waals surface area contributed by atoms with Crippen LogP contribution in [0.15, 0.2) is 0 Å². The summed E-state index contributed by atoms with van der Waals surface area (Å²) in [7, 11) is 2.30. The van der Waals surface area contributed by atoms with E-state index in [1.54, 1.807) is 0 Å². The lowest BCUT2D eigenvalue weighted by molar-refractivity contribution is 0.138. The van der Waals surface area contributed by atoms with Gasteiger partial charge >= 0.3 is 0 Å². The zero-order valence-electron chi connectivity index (χ0n) is 12.6. The summed E-state index contributed by atoms with van der Waals surface area (Å²) < 4.78 is 0. The Kier molecular flexibility index (Phi) is 5.08. The van der Waals surface area contributed by atoms with E-state index < -0.39 is 0 Å². The maximum Gasteiger partial charge on any atom is 0.00922 e. The Hall–Kier alpha value is -0.0800. The van der Waals surface area contributed by atoms with Crippen molar-refractivity contribution in [2.75, 3.05) is 13.6 Å². The molecule has 0 heterocycles. The molecule has 0 bridgehead atoms. The average Bonchev–Trinajstić information content (AvgIpc) is 3.17. The minimum Gasteiger partial charge on any atom is -0.327 e. The van der Waals surface area contributed by atoms with Crippen LogP contribution in [0, 0.1) is 17.8 Å². The van der Waals surface area contributed by atoms with Crippen molar-refractivity contribution in [3.05, 3.63) is 0 Å². The second-order valence-electron chi connectivity index (χ2n) is 6.91. The summed E-state index contributed by atoms with van der Waals surface area (Å²) >= 11 is 0. The molecule has 2 saturated carbocycles. The van der Waals surface area contributed by atoms with Gasteiger partial charge < -0.3 is 10.6 Å². The molecule has 2 N–H and O–H groups in total. The van der Waals surface area contributed by atoms with E-state index in [-0.39, 0.29) is 0 Å². The summed E-state index contributed by atoms with van der Waals surface area (Å²) in [6, 6.07) is 1.22. The summed E-state index contributed by atoms with van der Waals surface area (Å²) in [6.07, 6.45) is 9.62. The second kappa shape index (κ2) is 6.38. The molecular weight excluding hydrogens is 220 g/mol. The number of rotatable bonds is 6. The van der Waals surface area contributed by atoms with Crippen molar-refractivity contribution in [1.82, 2.24) is 4.90 Å². The van der Waals surface area contributed by atoms with Gasteiger partial charge in [0.1, 0.15) is 0 Å². The summed E-state index contributed by atoms with van der Waals surface area (Å²) in [5.41, 5.74) is 6.35. The molecule has 0 aromatic carbocycles. The Morgan fingerprint density at radius 3 is 2.56 bits per heavy atom. The van der Waals surface area contributed by atoms with Gasteiger partial charge in [0.25, 0.3) is 0 Å². The van der Waals surface area contributed by atoms with Crippen LogP contribution in [0.1, 0.15) is 58.8 Å². The van der Waals surface area contributed by atoms with Crippen LogP contribution in [-0.4, -0.2) is 30.6 Å². The quantitative estimate of drug-likeness (QED) is 0.786. The second-order valence-corrected chi connectivity index (χ2v) is 6.91. The highest BCUT2D eigenvalue weighted by Gasteiger charge is 2.33. The van der Waals surface area contributed by atoms with Crippen molar-refractivity contribution in [3.8, 4) is 0 Å². The molecule has 0 radical (unpaired) electrons. The Bertz CT molecular complexity index is 249. The summed E-state index contributed by atoms with van der Waals surface area (Å²) in [5.74, 6) is 2.66. The Morgan fingerprint density at radius 2 is 1.94 bits per heavy atom. The van der Waals surface area contributed by atoms with Gasteiger partial charge in [0.2, 0.25) is 0 Å². The van der Waals surface area contributed by atoms with Crippen LogP contribution in [0.4, 0.5) is 0 Å². The molecule has 2 aliphatic carbocycles. The van der Waals surface area contributed by atoms with Gasteiger partial charge in [-0.05, 0) is 63.8 Å². The first-order chi connectivity index (χ1) is 8.61. The van der Waals surface area contributed by atoms with Crippen molar-refractivity contribution >= 4 is 0 Å². The number of nitrogens with two attached hydrogens (primary N) is 1. The van der Waals surface area contributed by atoms with Gasteiger partial charge in [-0.1, -0.05) is 19.8 Å². The molecule has 2 rings (SSSR count). The van der Waals surface area contributed by atoms with Gasteiger partial charge in [-0.2, -0.15) is 0 Å². The number of hydrogen-bond donors (Lipinski definition) is 1. The van der Waals surface area contributed by atoms with Gasteiger partial charge in [-0.3, -0.25) is 0 Å². The summed E-state index contributed by atoms with van der Waals surface area (Å²) in [5, 5.41) is 0. The Labute approximate surface area is 113 Å². The third-order valence-electron chi connectivity index (χ3n) is 5.37. The SMILES string of the molecule is CCCC1CCC(N)C(CN(C)C(C)C2CC2)C1. The predicted molar refractivity (Wildman–Crippen MR) is 78.5 cm³/mol. The van der Waals surface area contributed by atoms with E-state index in [1.807, 2.05) is 0 Å². The van der Waals surface area contributed by atoms with E-state index in [0.29, 0.717) is 6.04 Å². The van der Waals surface area contributed by atoms with Crippen molar-refractivity contribution < 1.29 is 0 Å². The number of hydrogen-bond acceptors (Lipinski definition) is 2. The van der Waals surface area contributed by atoms with Gasteiger partial charge in [-0.25, -0.2) is 0 Å². The zero-order chi connectivity index (χ0) is 13.1. The van der Waals surface area contributed by atoms with E-state index in [2.05, 4.69) is 25.8 Å². The molecular formula is C16H32N2. The minimum absolute atomic E-state index is 0.451. The van der Waals surface area contributed by atoms with Crippen LogP contribution >= 0.6 is 0 Å². The highest BCUT2D eigenvalue weighted by Crippen LogP contribution is 2.36. The van der Waals surface area contributed by atoms with Crippen LogP contribution < -0.4 is 5.73 Å². The molecule has 2 nitrogen and oxygen atoms in total. The van der Waals surface area contributed by atoms with E-state index >= 15 is 0 Å². The number of nitrogens with zero attached hydrogens (tertiary/aromatic N) is 1. The van der Waals surface area contributed by atoms with Gasteiger partial charge in [0, 0.05) is 18.6 Å². The maximum atomic E-state index is 6.35. The fraction of sp³-hybridized carbons (Fsp3) is 1.00. The average molecular weight is 252 g/mol. The van der Waals surface area contributed by atoms with Crippen molar-refractivity contribution in [3.63, 3.8) is 0 Å². The van der Waals surface area contributed by atoms with Crippen LogP contribution in [-0.2, 0) is 0 Å². The van der Waals surface area contributed by atoms with Gasteiger partial charge in [0.15, 0.2) is 0 Å². The van der Waals surface area contributed by atoms with E-state index in [4.69, 9.17) is 5.73 Å². The first-order valence-corrected chi connectivity index (χ1v) is 8.07. The van der Waals surface area contributed by atoms with E-state index in [9.17, 15) is 0 Å². The third kappa shape index (κ3) is 3.71. The normalized spacial score (nSPS) is 34.8. The van der Waals surface area contributed by atoms with E-state index in [0.717, 1.165) is 23.8 Å². The molecule has 2 aliphatic rings. The van der Waals surface area contributed by atoms with Crippen LogP contribution in [0.3, 0.4) is 0 Å². The smallest absolute Gasteiger partial charge is 0.00922 e.